The van der Waals surface area contributed by atoms with Crippen molar-refractivity contribution in [1.29, 1.82) is 0 Å². The van der Waals surface area contributed by atoms with Crippen molar-refractivity contribution in [3.8, 4) is 0 Å². The summed E-state index contributed by atoms with van der Waals surface area (Å²) in [6, 6.07) is 2.45. The fourth-order valence-electron chi connectivity index (χ4n) is 7.13. The predicted octanol–water partition coefficient (Wildman–Crippen LogP) is 0.0318. The molecule has 7 amide bonds. The number of aliphatic imine (C=N–C) groups is 1. The molecule has 0 aromatic heterocycles. The number of carbonyl (C=O) groups is 9. The highest BCUT2D eigenvalue weighted by molar-refractivity contribution is 6.00. The van der Waals surface area contributed by atoms with Crippen LogP contribution in [-0.2, 0) is 54.3 Å². The lowest BCUT2D eigenvalue weighted by molar-refractivity contribution is -0.144. The molecule has 69 heavy (non-hydrogen) atoms. The van der Waals surface area contributed by atoms with Crippen molar-refractivity contribution in [3.05, 3.63) is 71.5 Å². The summed E-state index contributed by atoms with van der Waals surface area (Å²) in [4.78, 5) is 123. The van der Waals surface area contributed by atoms with Gasteiger partial charge < -0.3 is 63.6 Å². The quantitative estimate of drug-likeness (QED) is 0.0364. The first-order valence-corrected chi connectivity index (χ1v) is 22.7. The molecular weight excluding hydrogens is 897 g/mol. The number of allylic oxidation sites excluding steroid dienone is 3. The van der Waals surface area contributed by atoms with Crippen LogP contribution in [0.2, 0.25) is 0 Å². The fourth-order valence-corrected chi connectivity index (χ4v) is 7.13. The van der Waals surface area contributed by atoms with Crippen LogP contribution in [0.1, 0.15) is 85.6 Å². The zero-order valence-corrected chi connectivity index (χ0v) is 40.3. The van der Waals surface area contributed by atoms with Crippen molar-refractivity contribution in [2.45, 2.75) is 123 Å². The molecular formula is C47H70N10O12. The maximum atomic E-state index is 14.2. The normalized spacial score (nSPS) is 24.0. The van der Waals surface area contributed by atoms with Crippen LogP contribution < -0.4 is 48.7 Å². The molecule has 380 valence electrons. The number of ether oxygens (including phenoxy) is 1. The Hall–Kier alpha value is -7.10. The summed E-state index contributed by atoms with van der Waals surface area (Å²) in [5, 5.41) is 37.3. The molecule has 1 saturated heterocycles. The van der Waals surface area contributed by atoms with Gasteiger partial charge in [0.05, 0.1) is 31.0 Å². The predicted molar refractivity (Wildman–Crippen MR) is 255 cm³/mol. The number of aliphatic carboxylic acids is 2. The number of nitrogens with one attached hydrogen (secondary N) is 7. The van der Waals surface area contributed by atoms with Crippen LogP contribution in [0.5, 0.6) is 0 Å². The lowest BCUT2D eigenvalue weighted by atomic mass is 9.94. The van der Waals surface area contributed by atoms with Gasteiger partial charge in [-0.25, -0.2) is 9.59 Å². The second-order valence-corrected chi connectivity index (χ2v) is 17.2. The van der Waals surface area contributed by atoms with Crippen LogP contribution in [-0.4, -0.2) is 126 Å². The largest absolute Gasteiger partial charge is 0.480 e. The van der Waals surface area contributed by atoms with Crippen LogP contribution in [0.3, 0.4) is 0 Å². The number of nitrogens with zero attached hydrogens (tertiary/aromatic N) is 1. The molecule has 13 N–H and O–H groups in total. The molecule has 0 radical (unpaired) electrons. The van der Waals surface area contributed by atoms with Crippen molar-refractivity contribution >= 4 is 59.2 Å². The number of hydrogen-bond acceptors (Lipinski definition) is 11. The third kappa shape index (κ3) is 21.6. The third-order valence-corrected chi connectivity index (χ3v) is 11.0. The SMILES string of the molecule is C/C=C1\NC(=O)CC[C@H](C(=O)O)NC(=O)[C@@H](C)[C@H](/C=C/C(C)=C/[C@H](C)[C@H](Cc2ccccc2)OC)NC(=O)[C@H](CCCN=C(N)N)NC(=O)C[C@H](C(=O)O)NC(=O)[C@H](CC(C)C)NC(=O)CNC1=O. The minimum Gasteiger partial charge on any atom is -0.480 e. The Kier molecular flexibility index (Phi) is 24.9. The second-order valence-electron chi connectivity index (χ2n) is 17.2. The zero-order chi connectivity index (χ0) is 51.8. The van der Waals surface area contributed by atoms with Crippen LogP contribution >= 0.6 is 0 Å². The minimum absolute atomic E-state index is 0.0251. The van der Waals surface area contributed by atoms with Crippen LogP contribution in [0, 0.1) is 17.8 Å². The van der Waals surface area contributed by atoms with Gasteiger partial charge in [-0.1, -0.05) is 87.9 Å². The molecule has 1 aromatic carbocycles. The smallest absolute Gasteiger partial charge is 0.326 e. The van der Waals surface area contributed by atoms with E-state index in [0.717, 1.165) is 5.56 Å². The Bertz CT molecular complexity index is 2090. The van der Waals surface area contributed by atoms with Gasteiger partial charge >= 0.3 is 11.9 Å². The van der Waals surface area contributed by atoms with E-state index < -0.39 is 115 Å². The minimum atomic E-state index is -1.84. The van der Waals surface area contributed by atoms with E-state index in [1.54, 1.807) is 34.0 Å². The lowest BCUT2D eigenvalue weighted by Crippen LogP contribution is -2.56. The van der Waals surface area contributed by atoms with Crippen molar-refractivity contribution < 1.29 is 58.1 Å². The number of nitrogens with two attached hydrogens (primary N) is 2. The molecule has 0 saturated carbocycles. The Morgan fingerprint density at radius 1 is 0.855 bits per heavy atom. The van der Waals surface area contributed by atoms with Crippen LogP contribution in [0.4, 0.5) is 0 Å². The van der Waals surface area contributed by atoms with Crippen molar-refractivity contribution in [2.75, 3.05) is 20.2 Å². The number of amides is 7. The van der Waals surface area contributed by atoms with Crippen molar-refractivity contribution in [3.63, 3.8) is 0 Å². The molecule has 1 aliphatic heterocycles. The van der Waals surface area contributed by atoms with Crippen LogP contribution in [0.25, 0.3) is 0 Å². The van der Waals surface area contributed by atoms with Crippen molar-refractivity contribution in [1.82, 2.24) is 37.2 Å². The maximum absolute atomic E-state index is 14.2. The second kappa shape index (κ2) is 29.6. The summed E-state index contributed by atoms with van der Waals surface area (Å²) in [5.41, 5.74) is 12.5. The van der Waals surface area contributed by atoms with E-state index in [-0.39, 0.29) is 55.4 Å². The monoisotopic (exact) mass is 967 g/mol. The molecule has 1 heterocycles. The molecule has 22 heteroatoms. The van der Waals surface area contributed by atoms with E-state index in [0.29, 0.717) is 12.0 Å². The van der Waals surface area contributed by atoms with E-state index >= 15 is 0 Å². The number of methoxy groups -OCH3 is 1. The molecule has 0 aliphatic carbocycles. The van der Waals surface area contributed by atoms with Crippen molar-refractivity contribution in [2.24, 2.45) is 34.2 Å². The average Bonchev–Trinajstić information content (AvgIpc) is 3.28. The fraction of sp³-hybridized carbons (Fsp3) is 0.532. The Balaban J connectivity index is 2.66. The van der Waals surface area contributed by atoms with Gasteiger partial charge in [0.2, 0.25) is 35.4 Å². The third-order valence-electron chi connectivity index (χ3n) is 11.0. The molecule has 8 atom stereocenters. The lowest BCUT2D eigenvalue weighted by Gasteiger charge is -2.27. The molecule has 0 bridgehead atoms. The summed E-state index contributed by atoms with van der Waals surface area (Å²) in [6.07, 6.45) is 5.08. The highest BCUT2D eigenvalue weighted by Gasteiger charge is 2.33. The Morgan fingerprint density at radius 2 is 1.48 bits per heavy atom. The average molecular weight is 967 g/mol. The molecule has 22 nitrogen and oxygen atoms in total. The number of guanidine groups is 1. The standard InChI is InChI=1S/C47H70N10O12/c1-8-31-42(62)51-25-40(60)54-35(21-26(2)3)44(64)57-36(46(67)68)24-39(59)53-33(15-12-20-50-47(48)49)43(63)55-32(29(6)41(61)56-34(45(65)66)18-19-38(58)52-31)17-16-27(4)22-28(5)37(69-7)23-30-13-10-9-11-14-30/h8-11,13-14,16-17,22,26,28-29,32-37H,12,15,18-21,23-25H2,1-7H3,(H,51,62)(H,52,58)(H,53,59)(H,54,60)(H,55,63)(H,56,61)(H,57,64)(H,65,66)(H,67,68)(H4,48,49,50)/b17-16+,27-22+,31-8-/t28-,29-,32-,33-,34+,35-,36+,37-/m0/s1. The summed E-state index contributed by atoms with van der Waals surface area (Å²) in [5.74, 6) is -10.9. The first-order valence-electron chi connectivity index (χ1n) is 22.7. The van der Waals surface area contributed by atoms with Gasteiger partial charge in [0.1, 0.15) is 29.9 Å². The summed E-state index contributed by atoms with van der Waals surface area (Å²) >= 11 is 0. The number of carboxylic acid groups (broad SMARTS) is 2. The molecule has 2 rings (SSSR count). The highest BCUT2D eigenvalue weighted by atomic mass is 16.5. The van der Waals surface area contributed by atoms with Gasteiger partial charge in [0.25, 0.3) is 5.91 Å². The van der Waals surface area contributed by atoms with Gasteiger partial charge in [-0.2, -0.15) is 0 Å². The molecule has 1 fully saturated rings. The van der Waals surface area contributed by atoms with E-state index in [4.69, 9.17) is 16.2 Å². The van der Waals surface area contributed by atoms with Gasteiger partial charge in [0.15, 0.2) is 5.96 Å². The van der Waals surface area contributed by atoms with Crippen LogP contribution in [0.15, 0.2) is 70.9 Å². The van der Waals surface area contributed by atoms with E-state index in [1.807, 2.05) is 43.3 Å². The number of hydrogen-bond donors (Lipinski definition) is 11. The Morgan fingerprint density at radius 3 is 2.07 bits per heavy atom. The topological polar surface area (TPSA) is 352 Å². The van der Waals surface area contributed by atoms with Gasteiger partial charge in [-0.05, 0) is 57.4 Å². The van der Waals surface area contributed by atoms with Gasteiger partial charge in [0, 0.05) is 26.0 Å². The summed E-state index contributed by atoms with van der Waals surface area (Å²) in [7, 11) is 1.61. The first-order chi connectivity index (χ1) is 32.5. The van der Waals surface area contributed by atoms with E-state index in [1.165, 1.54) is 26.0 Å². The molecule has 1 aliphatic rings. The molecule has 1 aromatic rings. The first kappa shape index (κ1) is 58.0. The van der Waals surface area contributed by atoms with Gasteiger partial charge in [-0.3, -0.25) is 38.6 Å². The zero-order valence-electron chi connectivity index (χ0n) is 40.3. The van der Waals surface area contributed by atoms with E-state index in [2.05, 4.69) is 42.2 Å². The number of rotatable bonds is 15. The molecule has 0 unspecified atom stereocenters. The van der Waals surface area contributed by atoms with Gasteiger partial charge in [-0.15, -0.1) is 0 Å². The van der Waals surface area contributed by atoms with E-state index in [9.17, 15) is 53.4 Å². The number of carbonyl (C=O) groups excluding carboxylic acids is 7. The Labute approximate surface area is 402 Å². The summed E-state index contributed by atoms with van der Waals surface area (Å²) in [6.45, 7) is 9.47. The highest BCUT2D eigenvalue weighted by Crippen LogP contribution is 2.18. The number of benzene rings is 1. The molecule has 0 spiro atoms. The number of carboxylic acids is 2. The summed E-state index contributed by atoms with van der Waals surface area (Å²) < 4.78 is 5.80. The maximum Gasteiger partial charge on any atom is 0.326 e.